The van der Waals surface area contributed by atoms with Crippen LogP contribution in [0.4, 0.5) is 0 Å². The Morgan fingerprint density at radius 1 is 1.13 bits per heavy atom. The summed E-state index contributed by atoms with van der Waals surface area (Å²) in [6, 6.07) is 8.98. The van der Waals surface area contributed by atoms with Crippen LogP contribution in [0.15, 0.2) is 50.7 Å². The van der Waals surface area contributed by atoms with Crippen molar-refractivity contribution < 1.29 is 36.6 Å². The summed E-state index contributed by atoms with van der Waals surface area (Å²) in [6.07, 6.45) is 1.99. The van der Waals surface area contributed by atoms with E-state index in [0.29, 0.717) is 46.8 Å². The average molecular weight is 445 g/mol. The summed E-state index contributed by atoms with van der Waals surface area (Å²) in [6.45, 7) is 2.01. The van der Waals surface area contributed by atoms with Crippen LogP contribution in [0.25, 0.3) is 11.5 Å². The molecule has 0 saturated heterocycles. The highest BCUT2D eigenvalue weighted by Crippen LogP contribution is 2.36. The Hall–Kier alpha value is -3.53. The van der Waals surface area contributed by atoms with Gasteiger partial charge in [0, 0.05) is 17.4 Å². The molecule has 162 valence electrons. The number of furan rings is 1. The third-order valence-corrected chi connectivity index (χ3v) is 5.77. The predicted octanol–water partition coefficient (Wildman–Crippen LogP) is 3.12. The number of aryl methyl sites for hydroxylation is 1. The molecule has 9 nitrogen and oxygen atoms in total. The molecule has 0 fully saturated rings. The number of carbonyl (C=O) groups is 1. The van der Waals surface area contributed by atoms with Crippen LogP contribution < -0.4 is 9.47 Å². The lowest BCUT2D eigenvalue weighted by atomic mass is 10.2. The third-order valence-electron chi connectivity index (χ3n) is 4.52. The minimum atomic E-state index is -3.79. The van der Waals surface area contributed by atoms with E-state index in [0.717, 1.165) is 11.0 Å². The number of aromatic nitrogens is 1. The molecule has 1 aliphatic heterocycles. The molecule has 10 heteroatoms. The van der Waals surface area contributed by atoms with E-state index in [-0.39, 0.29) is 13.2 Å². The van der Waals surface area contributed by atoms with Gasteiger partial charge in [0.05, 0.1) is 12.1 Å². The first-order valence-electron chi connectivity index (χ1n) is 9.34. The average Bonchev–Trinajstić information content (AvgIpc) is 3.41. The Morgan fingerprint density at radius 2 is 1.90 bits per heavy atom. The summed E-state index contributed by atoms with van der Waals surface area (Å²) in [5.41, 5.74) is 1.49. The normalized spacial score (nSPS) is 13.2. The van der Waals surface area contributed by atoms with Crippen molar-refractivity contribution in [2.45, 2.75) is 19.8 Å². The molecule has 31 heavy (non-hydrogen) atoms. The van der Waals surface area contributed by atoms with Crippen molar-refractivity contribution in [2.24, 2.45) is 0 Å². The minimum Gasteiger partial charge on any atom is -0.480 e. The third kappa shape index (κ3) is 4.97. The fourth-order valence-electron chi connectivity index (χ4n) is 3.07. The van der Waals surface area contributed by atoms with E-state index in [1.807, 2.05) is 19.1 Å². The van der Waals surface area contributed by atoms with Crippen molar-refractivity contribution in [3.63, 3.8) is 0 Å². The van der Waals surface area contributed by atoms with Crippen molar-refractivity contribution in [1.82, 2.24) is 4.98 Å². The van der Waals surface area contributed by atoms with Gasteiger partial charge in [0.2, 0.25) is 12.7 Å². The van der Waals surface area contributed by atoms with Crippen molar-refractivity contribution in [1.29, 1.82) is 0 Å². The molecule has 1 N–H and O–H groups in total. The Labute approximate surface area is 177 Å². The fourth-order valence-corrected chi connectivity index (χ4v) is 3.90. The largest absolute Gasteiger partial charge is 0.480 e. The molecule has 3 aromatic rings. The molecule has 0 spiro atoms. The van der Waals surface area contributed by atoms with Gasteiger partial charge in [-0.15, -0.1) is 0 Å². The predicted molar refractivity (Wildman–Crippen MR) is 109 cm³/mol. The highest BCUT2D eigenvalue weighted by atomic mass is 32.2. The number of hydrogen-bond donors (Lipinski definition) is 1. The molecule has 0 amide bonds. The number of sulfone groups is 1. The van der Waals surface area contributed by atoms with Crippen LogP contribution >= 0.6 is 0 Å². The lowest BCUT2D eigenvalue weighted by Crippen LogP contribution is -2.12. The van der Waals surface area contributed by atoms with E-state index < -0.39 is 21.6 Å². The molecule has 0 atom stereocenters. The maximum atomic E-state index is 11.6. The van der Waals surface area contributed by atoms with Crippen LogP contribution in [0, 0.1) is 6.92 Å². The minimum absolute atomic E-state index is 0.191. The van der Waals surface area contributed by atoms with E-state index in [1.165, 1.54) is 6.08 Å². The Morgan fingerprint density at radius 3 is 2.71 bits per heavy atom. The summed E-state index contributed by atoms with van der Waals surface area (Å²) < 4.78 is 45.4. The van der Waals surface area contributed by atoms with Crippen molar-refractivity contribution in [3.05, 3.63) is 64.8 Å². The molecule has 0 bridgehead atoms. The maximum absolute atomic E-state index is 11.6. The van der Waals surface area contributed by atoms with Gasteiger partial charge in [-0.05, 0) is 37.3 Å². The number of ether oxygens (including phenoxy) is 2. The number of carboxylic acid groups (broad SMARTS) is 1. The van der Waals surface area contributed by atoms with Gasteiger partial charge in [-0.2, -0.15) is 0 Å². The lowest BCUT2D eigenvalue weighted by Gasteiger charge is -1.98. The molecule has 0 saturated carbocycles. The van der Waals surface area contributed by atoms with Crippen LogP contribution in [0.3, 0.4) is 0 Å². The van der Waals surface area contributed by atoms with Crippen LogP contribution in [0.2, 0.25) is 0 Å². The van der Waals surface area contributed by atoms with Crippen LogP contribution in [0.5, 0.6) is 11.5 Å². The first-order valence-corrected chi connectivity index (χ1v) is 11.1. The molecule has 2 aromatic heterocycles. The first kappa shape index (κ1) is 20.7. The quantitative estimate of drug-likeness (QED) is 0.556. The summed E-state index contributed by atoms with van der Waals surface area (Å²) in [7, 11) is -3.79. The summed E-state index contributed by atoms with van der Waals surface area (Å²) in [4.78, 5) is 15.1. The zero-order valence-corrected chi connectivity index (χ0v) is 17.3. The molecule has 0 aliphatic carbocycles. The number of carboxylic acids is 1. The molecule has 0 radical (unpaired) electrons. The van der Waals surface area contributed by atoms with E-state index in [9.17, 15) is 13.2 Å². The SMILES string of the molecule is Cc1oc(-c2ccc3c(c2)OCO3)nc1Cc1ccc(C/C=C/S(=O)(=O)CC(=O)O)o1. The van der Waals surface area contributed by atoms with E-state index in [2.05, 4.69) is 4.98 Å². The van der Waals surface area contributed by atoms with Gasteiger partial charge in [0.25, 0.3) is 0 Å². The van der Waals surface area contributed by atoms with Gasteiger partial charge in [-0.25, -0.2) is 13.4 Å². The molecule has 4 rings (SSSR count). The lowest BCUT2D eigenvalue weighted by molar-refractivity contribution is -0.134. The number of hydrogen-bond acceptors (Lipinski definition) is 8. The van der Waals surface area contributed by atoms with Crippen LogP contribution in [-0.2, 0) is 27.5 Å². The van der Waals surface area contributed by atoms with Crippen molar-refractivity contribution >= 4 is 15.8 Å². The van der Waals surface area contributed by atoms with Crippen molar-refractivity contribution in [3.8, 4) is 23.0 Å². The molecule has 1 aromatic carbocycles. The smallest absolute Gasteiger partial charge is 0.319 e. The number of allylic oxidation sites excluding steroid dienone is 1. The number of fused-ring (bicyclic) bond motifs is 1. The van der Waals surface area contributed by atoms with Crippen LogP contribution in [0.1, 0.15) is 23.0 Å². The molecule has 1 aliphatic rings. The molecular weight excluding hydrogens is 426 g/mol. The van der Waals surface area contributed by atoms with E-state index in [4.69, 9.17) is 23.4 Å². The molecule has 0 unspecified atom stereocenters. The van der Waals surface area contributed by atoms with Gasteiger partial charge in [-0.3, -0.25) is 4.79 Å². The Balaban J connectivity index is 1.43. The zero-order valence-electron chi connectivity index (χ0n) is 16.5. The topological polar surface area (TPSA) is 129 Å². The first-order chi connectivity index (χ1) is 14.8. The number of benzene rings is 1. The monoisotopic (exact) mass is 445 g/mol. The molecular formula is C21H19NO8S. The number of oxazole rings is 1. The second kappa shape index (κ2) is 8.31. The number of rotatable bonds is 8. The maximum Gasteiger partial charge on any atom is 0.319 e. The van der Waals surface area contributed by atoms with Crippen molar-refractivity contribution in [2.75, 3.05) is 12.5 Å². The van der Waals surface area contributed by atoms with E-state index >= 15 is 0 Å². The van der Waals surface area contributed by atoms with E-state index in [1.54, 1.807) is 18.2 Å². The fraction of sp³-hybridized carbons (Fsp3) is 0.238. The van der Waals surface area contributed by atoms with Gasteiger partial charge < -0.3 is 23.4 Å². The highest BCUT2D eigenvalue weighted by molar-refractivity contribution is 7.94. The van der Waals surface area contributed by atoms with Gasteiger partial charge in [-0.1, -0.05) is 6.08 Å². The van der Waals surface area contributed by atoms with Gasteiger partial charge >= 0.3 is 5.97 Å². The number of nitrogens with zero attached hydrogens (tertiary/aromatic N) is 1. The standard InChI is InChI=1S/C21H19NO8S/c1-13-17(22-21(29-13)14-4-7-18-19(9-14)28-12-27-18)10-16-6-5-15(30-16)3-2-8-31(25,26)11-20(23)24/h2,4-9H,3,10-12H2,1H3,(H,23,24)/b8-2+. The zero-order chi connectivity index (χ0) is 22.0. The van der Waals surface area contributed by atoms with Crippen LogP contribution in [-0.4, -0.2) is 37.0 Å². The Kier molecular flexibility index (Phi) is 5.55. The summed E-state index contributed by atoms with van der Waals surface area (Å²) in [5, 5.41) is 9.48. The number of aliphatic carboxylic acids is 1. The second-order valence-electron chi connectivity index (χ2n) is 6.91. The highest BCUT2D eigenvalue weighted by Gasteiger charge is 2.18. The van der Waals surface area contributed by atoms with Gasteiger partial charge in [0.1, 0.15) is 17.3 Å². The summed E-state index contributed by atoms with van der Waals surface area (Å²) >= 11 is 0. The molecule has 3 heterocycles. The Bertz CT molecular complexity index is 1250. The second-order valence-corrected chi connectivity index (χ2v) is 8.80. The summed E-state index contributed by atoms with van der Waals surface area (Å²) in [5.74, 6) is 1.30. The van der Waals surface area contributed by atoms with Gasteiger partial charge in [0.15, 0.2) is 27.1 Å².